The molecule has 7 heteroatoms. The molecular weight excluding hydrogens is 391 g/mol. The lowest BCUT2D eigenvalue weighted by molar-refractivity contribution is -0.137. The first kappa shape index (κ1) is 20.1. The van der Waals surface area contributed by atoms with Crippen LogP contribution in [0.25, 0.3) is 11.3 Å². The average Bonchev–Trinajstić information content (AvgIpc) is 3.10. The van der Waals surface area contributed by atoms with Gasteiger partial charge in [-0.2, -0.15) is 18.3 Å². The van der Waals surface area contributed by atoms with Crippen LogP contribution in [-0.4, -0.2) is 47.0 Å². The second-order valence-corrected chi connectivity index (χ2v) is 9.19. The lowest BCUT2D eigenvalue weighted by atomic mass is 10.0. The lowest BCUT2D eigenvalue weighted by Gasteiger charge is -2.33. The number of hydrogen-bond donors (Lipinski definition) is 0. The molecule has 4 nitrogen and oxygen atoms in total. The fourth-order valence-electron chi connectivity index (χ4n) is 5.53. The number of ether oxygens (including phenoxy) is 1. The van der Waals surface area contributed by atoms with Crippen molar-refractivity contribution in [2.24, 2.45) is 11.8 Å². The highest BCUT2D eigenvalue weighted by Crippen LogP contribution is 2.64. The fourth-order valence-corrected chi connectivity index (χ4v) is 5.53. The quantitative estimate of drug-likeness (QED) is 0.701. The first-order chi connectivity index (χ1) is 14.3. The van der Waals surface area contributed by atoms with Gasteiger partial charge in [0.25, 0.3) is 0 Å². The molecule has 0 amide bonds. The van der Waals surface area contributed by atoms with E-state index in [1.807, 2.05) is 0 Å². The third-order valence-corrected chi connectivity index (χ3v) is 7.09. The van der Waals surface area contributed by atoms with E-state index in [2.05, 4.69) is 29.5 Å². The summed E-state index contributed by atoms with van der Waals surface area (Å²) in [5, 5.41) is 4.78. The Balaban J connectivity index is 1.34. The van der Waals surface area contributed by atoms with Crippen LogP contribution in [0.15, 0.2) is 30.3 Å². The summed E-state index contributed by atoms with van der Waals surface area (Å²) < 4.78 is 46.2. The molecule has 4 atom stereocenters. The van der Waals surface area contributed by atoms with E-state index in [0.29, 0.717) is 23.8 Å². The van der Waals surface area contributed by atoms with Gasteiger partial charge in [-0.05, 0) is 56.7 Å². The van der Waals surface area contributed by atoms with E-state index in [0.717, 1.165) is 49.7 Å². The number of halogens is 3. The van der Waals surface area contributed by atoms with Crippen molar-refractivity contribution in [2.45, 2.75) is 50.9 Å². The molecule has 0 N–H and O–H groups in total. The fraction of sp³-hybridized carbons (Fsp3) is 0.609. The number of nitrogens with zero attached hydrogens (tertiary/aromatic N) is 3. The first-order valence-corrected chi connectivity index (χ1v) is 10.9. The molecule has 1 aliphatic heterocycles. The van der Waals surface area contributed by atoms with Gasteiger partial charge in [0.05, 0.1) is 24.5 Å². The number of benzene rings is 1. The zero-order chi connectivity index (χ0) is 21.0. The van der Waals surface area contributed by atoms with Crippen molar-refractivity contribution >= 4 is 0 Å². The molecule has 0 bridgehead atoms. The van der Waals surface area contributed by atoms with Crippen LogP contribution in [0.5, 0.6) is 0 Å². The minimum atomic E-state index is -4.32. The van der Waals surface area contributed by atoms with Gasteiger partial charge in [-0.15, -0.1) is 0 Å². The van der Waals surface area contributed by atoms with Gasteiger partial charge in [-0.25, -0.2) is 0 Å². The Morgan fingerprint density at radius 1 is 1.03 bits per heavy atom. The Kier molecular flexibility index (Phi) is 4.93. The summed E-state index contributed by atoms with van der Waals surface area (Å²) in [4.78, 5) is 2.58. The zero-order valence-corrected chi connectivity index (χ0v) is 17.4. The van der Waals surface area contributed by atoms with Crippen LogP contribution in [-0.2, 0) is 10.9 Å². The maximum absolute atomic E-state index is 12.9. The van der Waals surface area contributed by atoms with Crippen molar-refractivity contribution in [1.29, 1.82) is 0 Å². The van der Waals surface area contributed by atoms with Gasteiger partial charge in [-0.3, -0.25) is 9.58 Å². The maximum Gasteiger partial charge on any atom is 0.416 e. The van der Waals surface area contributed by atoms with Crippen molar-refractivity contribution in [3.8, 4) is 11.3 Å². The molecule has 1 aromatic carbocycles. The van der Waals surface area contributed by atoms with Crippen LogP contribution >= 0.6 is 0 Å². The molecule has 0 spiro atoms. The van der Waals surface area contributed by atoms with Crippen LogP contribution in [0.1, 0.15) is 49.9 Å². The van der Waals surface area contributed by atoms with E-state index in [-0.39, 0.29) is 6.04 Å². The van der Waals surface area contributed by atoms with Crippen molar-refractivity contribution in [2.75, 3.05) is 26.3 Å². The van der Waals surface area contributed by atoms with Crippen LogP contribution < -0.4 is 0 Å². The van der Waals surface area contributed by atoms with Gasteiger partial charge < -0.3 is 4.74 Å². The number of aromatic nitrogens is 2. The number of rotatable bonds is 4. The van der Waals surface area contributed by atoms with Crippen LogP contribution in [0, 0.1) is 11.8 Å². The second-order valence-electron chi connectivity index (χ2n) is 9.19. The third kappa shape index (κ3) is 3.56. The molecule has 2 aromatic rings. The zero-order valence-electron chi connectivity index (χ0n) is 17.4. The molecule has 2 unspecified atom stereocenters. The Bertz CT molecular complexity index is 887. The Labute approximate surface area is 175 Å². The van der Waals surface area contributed by atoms with Gasteiger partial charge >= 0.3 is 6.18 Å². The standard InChI is InChI=1S/C23H28F3N3O/c1-14(2)29-21(13-20(27-29)15-3-5-16(6-4-15)23(24,25)26)22-18-11-17(12-19(18)22)28-7-9-30-10-8-28/h3-6,13-14,17-19,22H,7-12H2,1-2H3/t17?,18-,19+,22?. The molecule has 2 aliphatic carbocycles. The molecule has 2 heterocycles. The van der Waals surface area contributed by atoms with Crippen molar-refractivity contribution in [1.82, 2.24) is 14.7 Å². The van der Waals surface area contributed by atoms with Crippen molar-refractivity contribution in [3.05, 3.63) is 41.6 Å². The van der Waals surface area contributed by atoms with E-state index in [1.54, 1.807) is 0 Å². The Morgan fingerprint density at radius 3 is 2.23 bits per heavy atom. The number of alkyl halides is 3. The highest BCUT2D eigenvalue weighted by atomic mass is 19.4. The summed E-state index contributed by atoms with van der Waals surface area (Å²) >= 11 is 0. The summed E-state index contributed by atoms with van der Waals surface area (Å²) in [6, 6.07) is 8.34. The predicted molar refractivity (Wildman–Crippen MR) is 108 cm³/mol. The van der Waals surface area contributed by atoms with Crippen molar-refractivity contribution < 1.29 is 17.9 Å². The van der Waals surface area contributed by atoms with Crippen LogP contribution in [0.4, 0.5) is 13.2 Å². The summed E-state index contributed by atoms with van der Waals surface area (Å²) in [6.45, 7) is 7.98. The highest BCUT2D eigenvalue weighted by Gasteiger charge is 2.58. The van der Waals surface area contributed by atoms with Crippen LogP contribution in [0.2, 0.25) is 0 Å². The van der Waals surface area contributed by atoms with Gasteiger partial charge in [0.1, 0.15) is 0 Å². The number of morpholine rings is 1. The molecule has 3 fully saturated rings. The minimum absolute atomic E-state index is 0.222. The van der Waals surface area contributed by atoms with Gasteiger partial charge in [0, 0.05) is 42.3 Å². The largest absolute Gasteiger partial charge is 0.416 e. The highest BCUT2D eigenvalue weighted by molar-refractivity contribution is 5.60. The molecule has 162 valence electrons. The van der Waals surface area contributed by atoms with Crippen molar-refractivity contribution in [3.63, 3.8) is 0 Å². The Morgan fingerprint density at radius 2 is 1.67 bits per heavy atom. The van der Waals surface area contributed by atoms with E-state index >= 15 is 0 Å². The van der Waals surface area contributed by atoms with Gasteiger partial charge in [0.2, 0.25) is 0 Å². The van der Waals surface area contributed by atoms with Gasteiger partial charge in [0.15, 0.2) is 0 Å². The van der Waals surface area contributed by atoms with E-state index in [4.69, 9.17) is 9.84 Å². The summed E-state index contributed by atoms with van der Waals surface area (Å²) in [7, 11) is 0. The number of hydrogen-bond acceptors (Lipinski definition) is 3. The third-order valence-electron chi connectivity index (χ3n) is 7.09. The predicted octanol–water partition coefficient (Wildman–Crippen LogP) is 4.97. The normalized spacial score (nSPS) is 29.4. The topological polar surface area (TPSA) is 30.3 Å². The SMILES string of the molecule is CC(C)n1nc(-c2ccc(C(F)(F)F)cc2)cc1C1[C@H]2CC(N3CCOCC3)C[C@@H]12. The summed E-state index contributed by atoms with van der Waals surface area (Å²) in [5.74, 6) is 1.93. The maximum atomic E-state index is 12.9. The molecule has 5 rings (SSSR count). The smallest absolute Gasteiger partial charge is 0.379 e. The monoisotopic (exact) mass is 419 g/mol. The average molecular weight is 419 g/mol. The van der Waals surface area contributed by atoms with E-state index in [1.165, 1.54) is 30.7 Å². The molecule has 1 saturated heterocycles. The van der Waals surface area contributed by atoms with E-state index < -0.39 is 11.7 Å². The molecular formula is C23H28F3N3O. The first-order valence-electron chi connectivity index (χ1n) is 10.9. The minimum Gasteiger partial charge on any atom is -0.379 e. The Hall–Kier alpha value is -1.86. The molecule has 1 aromatic heterocycles. The lowest BCUT2D eigenvalue weighted by Crippen LogP contribution is -2.43. The van der Waals surface area contributed by atoms with E-state index in [9.17, 15) is 13.2 Å². The molecule has 3 aliphatic rings. The molecule has 2 saturated carbocycles. The summed E-state index contributed by atoms with van der Waals surface area (Å²) in [5.41, 5.74) is 2.12. The van der Waals surface area contributed by atoms with Crippen LogP contribution in [0.3, 0.4) is 0 Å². The molecule has 30 heavy (non-hydrogen) atoms. The second kappa shape index (κ2) is 7.38. The number of fused-ring (bicyclic) bond motifs is 1. The van der Waals surface area contributed by atoms with Gasteiger partial charge in [-0.1, -0.05) is 12.1 Å². The summed E-state index contributed by atoms with van der Waals surface area (Å²) in [6.07, 6.45) is -1.86. The molecule has 0 radical (unpaired) electrons.